The molecule has 2 heterocycles. The van der Waals surface area contributed by atoms with Gasteiger partial charge in [0.25, 0.3) is 0 Å². The molecule has 0 spiro atoms. The van der Waals surface area contributed by atoms with E-state index in [1.165, 1.54) is 62.3 Å². The molecule has 1 N–H and O–H groups in total. The van der Waals surface area contributed by atoms with Crippen molar-refractivity contribution in [1.82, 2.24) is 9.13 Å². The Hall–Kier alpha value is -7.82. The number of rotatable bonds is 16. The van der Waals surface area contributed by atoms with Crippen molar-refractivity contribution in [1.29, 1.82) is 0 Å². The number of allylic oxidation sites excluding steroid dienone is 17. The van der Waals surface area contributed by atoms with Gasteiger partial charge in [0.1, 0.15) is 0 Å². The summed E-state index contributed by atoms with van der Waals surface area (Å²) in [5.74, 6) is 0. The van der Waals surface area contributed by atoms with Crippen LogP contribution >= 0.6 is 0 Å². The average molecular weight is 923 g/mol. The maximum atomic E-state index is 4.63. The summed E-state index contributed by atoms with van der Waals surface area (Å²) in [5, 5.41) is 8.66. The predicted octanol–water partition coefficient (Wildman–Crippen LogP) is 19.4. The van der Waals surface area contributed by atoms with Crippen molar-refractivity contribution in [2.75, 3.05) is 10.2 Å². The average Bonchev–Trinajstić information content (AvgIpc) is 4.10. The van der Waals surface area contributed by atoms with Crippen molar-refractivity contribution in [3.8, 4) is 0 Å². The van der Waals surface area contributed by atoms with Crippen LogP contribution in [0.1, 0.15) is 80.2 Å². The van der Waals surface area contributed by atoms with Gasteiger partial charge in [-0.1, -0.05) is 183 Å². The third-order valence-electron chi connectivity index (χ3n) is 11.9. The van der Waals surface area contributed by atoms with E-state index in [1.54, 1.807) is 6.08 Å². The van der Waals surface area contributed by atoms with Gasteiger partial charge in [-0.2, -0.15) is 0 Å². The van der Waals surface area contributed by atoms with E-state index in [0.29, 0.717) is 0 Å². The smallest absolute Gasteiger partial charge is 0.0590 e. The van der Waals surface area contributed by atoms with E-state index in [2.05, 4.69) is 231 Å². The number of fused-ring (bicyclic) bond motifs is 7. The second-order valence-corrected chi connectivity index (χ2v) is 16.2. The molecule has 358 valence electrons. The second-order valence-electron chi connectivity index (χ2n) is 16.2. The molecule has 8 rings (SSSR count). The maximum Gasteiger partial charge on any atom is 0.0590 e. The lowest BCUT2D eigenvalue weighted by Crippen LogP contribution is -2.20. The first-order valence-corrected chi connectivity index (χ1v) is 24.9. The molecule has 1 aliphatic rings. The minimum absolute atomic E-state index is 0.786. The standard InChI is InChI=1S/C56H50N4.C6H12.2C2H6/c1-8-20-43(11-4)59(44-23-14-13-15-24-44)46-34-31-41(38-46)40-29-32-42(33-30-40)57-51(22-10-3)47(12-5)39(6)37-45(21-9-2)60-53-28-19-17-26-50(53)55-54(60)36-35-49-48-25-16-18-27-52(48)58(7)56(49)55;1-3-5-6-4-2;2*1-2/h8-37,57H,1,4-6,38H2,2-3,7H3;3,5H,4,6H2,1-2H3;2*1-2H3/b21-9-,22-10-,43-20+,45-37+,51-47-;5-3-;;. The largest absolute Gasteiger partial charge is 0.355 e. The number of benzene rings is 5. The van der Waals surface area contributed by atoms with Crippen molar-refractivity contribution < 1.29 is 0 Å². The van der Waals surface area contributed by atoms with Crippen LogP contribution in [-0.4, -0.2) is 9.13 Å². The molecule has 7 aromatic rings. The molecule has 5 aromatic carbocycles. The van der Waals surface area contributed by atoms with Crippen molar-refractivity contribution in [3.05, 3.63) is 254 Å². The first-order valence-electron chi connectivity index (χ1n) is 24.9. The third kappa shape index (κ3) is 11.7. The van der Waals surface area contributed by atoms with Gasteiger partial charge in [0, 0.05) is 80.3 Å². The van der Waals surface area contributed by atoms with Crippen LogP contribution in [0.3, 0.4) is 0 Å². The molecular formula is C66H74N4. The zero-order valence-electron chi connectivity index (χ0n) is 43.3. The van der Waals surface area contributed by atoms with Crippen LogP contribution < -0.4 is 10.2 Å². The van der Waals surface area contributed by atoms with Crippen LogP contribution in [0.4, 0.5) is 11.4 Å². The lowest BCUT2D eigenvalue weighted by atomic mass is 10.0. The number of nitrogens with zero attached hydrogens (tertiary/aromatic N) is 3. The van der Waals surface area contributed by atoms with Gasteiger partial charge in [0.05, 0.1) is 16.6 Å². The molecule has 0 amide bonds. The summed E-state index contributed by atoms with van der Waals surface area (Å²) in [6.07, 6.45) is 30.1. The number of nitrogens with one attached hydrogen (secondary N) is 1. The van der Waals surface area contributed by atoms with Crippen molar-refractivity contribution in [2.24, 2.45) is 7.05 Å². The Kier molecular flexibility index (Phi) is 20.2. The minimum atomic E-state index is 0.786. The monoisotopic (exact) mass is 923 g/mol. The summed E-state index contributed by atoms with van der Waals surface area (Å²) in [4.78, 5) is 2.24. The van der Waals surface area contributed by atoms with Gasteiger partial charge >= 0.3 is 0 Å². The zero-order valence-corrected chi connectivity index (χ0v) is 43.3. The predicted molar refractivity (Wildman–Crippen MR) is 314 cm³/mol. The minimum Gasteiger partial charge on any atom is -0.355 e. The highest BCUT2D eigenvalue weighted by Crippen LogP contribution is 2.41. The van der Waals surface area contributed by atoms with Crippen molar-refractivity contribution in [2.45, 2.75) is 74.7 Å². The van der Waals surface area contributed by atoms with Gasteiger partial charge in [0.2, 0.25) is 0 Å². The molecule has 1 aliphatic carbocycles. The molecule has 70 heavy (non-hydrogen) atoms. The van der Waals surface area contributed by atoms with Crippen LogP contribution in [0.5, 0.6) is 0 Å². The maximum absolute atomic E-state index is 4.63. The van der Waals surface area contributed by atoms with Crippen LogP contribution in [-0.2, 0) is 7.05 Å². The molecule has 0 radical (unpaired) electrons. The Morgan fingerprint density at radius 2 is 1.34 bits per heavy atom. The number of unbranched alkanes of at least 4 members (excludes halogenated alkanes) is 1. The number of para-hydroxylation sites is 3. The van der Waals surface area contributed by atoms with Crippen LogP contribution in [0.25, 0.3) is 54.9 Å². The van der Waals surface area contributed by atoms with Gasteiger partial charge < -0.3 is 19.4 Å². The SMILES string of the molecule is C/C=C\CCC.C=C/C=C(\C=C)N(C1=CC=C(c2ccc(NC(/C=C\C)=C(/C=C)C(=C)/C=C(\C=C/C)n3c4ccccc4c4c5c(ccc43)c3ccccc3n5C)cc2)C1)c1ccccc1.CC.CC. The fourth-order valence-electron chi connectivity index (χ4n) is 8.92. The molecule has 0 fully saturated rings. The Labute approximate surface area is 419 Å². The van der Waals surface area contributed by atoms with E-state index in [9.17, 15) is 0 Å². The quantitative estimate of drug-likeness (QED) is 0.0772. The summed E-state index contributed by atoms with van der Waals surface area (Å²) in [7, 11) is 2.17. The molecule has 0 unspecified atom stereocenters. The summed E-state index contributed by atoms with van der Waals surface area (Å²) in [6, 6.07) is 40.9. The fourth-order valence-corrected chi connectivity index (χ4v) is 8.92. The first kappa shape index (κ1) is 53.1. The van der Waals surface area contributed by atoms with Gasteiger partial charge in [-0.3, -0.25) is 0 Å². The molecule has 0 atom stereocenters. The number of hydrogen-bond acceptors (Lipinski definition) is 2. The number of hydrogen-bond donors (Lipinski definition) is 1. The molecule has 2 aromatic heterocycles. The normalized spacial score (nSPS) is 13.0. The first-order chi connectivity index (χ1) is 34.3. The highest BCUT2D eigenvalue weighted by Gasteiger charge is 2.21. The fraction of sp³-hybridized carbons (Fsp3) is 0.182. The van der Waals surface area contributed by atoms with Gasteiger partial charge in [-0.05, 0) is 123 Å². The number of aryl methyl sites for hydroxylation is 1. The van der Waals surface area contributed by atoms with E-state index in [0.717, 1.165) is 57.1 Å². The van der Waals surface area contributed by atoms with Crippen LogP contribution in [0.15, 0.2) is 249 Å². The highest BCUT2D eigenvalue weighted by molar-refractivity contribution is 6.26. The lowest BCUT2D eigenvalue weighted by molar-refractivity contribution is 0.957. The van der Waals surface area contributed by atoms with Gasteiger partial charge in [-0.25, -0.2) is 0 Å². The summed E-state index contributed by atoms with van der Waals surface area (Å²) < 4.78 is 4.70. The van der Waals surface area contributed by atoms with E-state index in [-0.39, 0.29) is 0 Å². The third-order valence-corrected chi connectivity index (χ3v) is 11.9. The van der Waals surface area contributed by atoms with Crippen LogP contribution in [0, 0.1) is 0 Å². The van der Waals surface area contributed by atoms with Crippen molar-refractivity contribution in [3.63, 3.8) is 0 Å². The molecule has 0 saturated heterocycles. The topological polar surface area (TPSA) is 25.1 Å². The highest BCUT2D eigenvalue weighted by atomic mass is 15.2. The van der Waals surface area contributed by atoms with E-state index < -0.39 is 0 Å². The van der Waals surface area contributed by atoms with E-state index in [4.69, 9.17) is 0 Å². The van der Waals surface area contributed by atoms with Gasteiger partial charge in [-0.15, -0.1) is 0 Å². The molecule has 0 bridgehead atoms. The zero-order chi connectivity index (χ0) is 50.6. The lowest BCUT2D eigenvalue weighted by Gasteiger charge is -2.27. The summed E-state index contributed by atoms with van der Waals surface area (Å²) in [5.41, 5.74) is 15.0. The Morgan fingerprint density at radius 3 is 1.96 bits per heavy atom. The summed E-state index contributed by atoms with van der Waals surface area (Å²) >= 11 is 0. The molecule has 0 saturated carbocycles. The molecule has 0 aliphatic heterocycles. The van der Waals surface area contributed by atoms with E-state index in [1.807, 2.05) is 65.0 Å². The van der Waals surface area contributed by atoms with Gasteiger partial charge in [0.15, 0.2) is 0 Å². The molecule has 4 heteroatoms. The van der Waals surface area contributed by atoms with Crippen molar-refractivity contribution >= 4 is 66.3 Å². The number of aromatic nitrogens is 2. The second kappa shape index (κ2) is 26.7. The summed E-state index contributed by atoms with van der Waals surface area (Å²) in [6.45, 7) is 33.2. The Balaban J connectivity index is 0.000000840. The Morgan fingerprint density at radius 1 is 0.686 bits per heavy atom. The molecular weight excluding hydrogens is 849 g/mol. The Bertz CT molecular complexity index is 3180. The van der Waals surface area contributed by atoms with Crippen LogP contribution in [0.2, 0.25) is 0 Å². The number of anilines is 2. The molecule has 4 nitrogen and oxygen atoms in total. The van der Waals surface area contributed by atoms with E-state index >= 15 is 0 Å².